The number of hydrogen-bond acceptors (Lipinski definition) is 5. The summed E-state index contributed by atoms with van der Waals surface area (Å²) in [5, 5.41) is 10.5. The molecule has 0 unspecified atom stereocenters. The molecule has 1 aromatic carbocycles. The van der Waals surface area contributed by atoms with Gasteiger partial charge in [0.1, 0.15) is 5.70 Å². The zero-order chi connectivity index (χ0) is 19.1. The number of rotatable bonds is 6. The first-order chi connectivity index (χ1) is 13.1. The van der Waals surface area contributed by atoms with Gasteiger partial charge in [0, 0.05) is 15.3 Å². The summed E-state index contributed by atoms with van der Waals surface area (Å²) in [4.78, 5) is 26.8. The van der Waals surface area contributed by atoms with Gasteiger partial charge >= 0.3 is 0 Å². The SMILES string of the molecule is Cc1ccsc1C=NNC(=O)C(=Cc1cccs1)NC(=O)c1ccccc1. The molecule has 27 heavy (non-hydrogen) atoms. The first-order valence-corrected chi connectivity index (χ1v) is 9.88. The van der Waals surface area contributed by atoms with Crippen molar-refractivity contribution in [1.29, 1.82) is 0 Å². The van der Waals surface area contributed by atoms with Crippen molar-refractivity contribution < 1.29 is 9.59 Å². The summed E-state index contributed by atoms with van der Waals surface area (Å²) in [5.74, 6) is -0.843. The second-order valence-electron chi connectivity index (χ2n) is 5.56. The molecule has 0 atom stereocenters. The Morgan fingerprint density at radius 2 is 1.81 bits per heavy atom. The first kappa shape index (κ1) is 18.8. The van der Waals surface area contributed by atoms with Crippen LogP contribution in [0.3, 0.4) is 0 Å². The lowest BCUT2D eigenvalue weighted by molar-refractivity contribution is -0.117. The highest BCUT2D eigenvalue weighted by Crippen LogP contribution is 2.14. The van der Waals surface area contributed by atoms with E-state index in [4.69, 9.17) is 0 Å². The van der Waals surface area contributed by atoms with Crippen molar-refractivity contribution in [1.82, 2.24) is 10.7 Å². The van der Waals surface area contributed by atoms with Gasteiger partial charge in [-0.1, -0.05) is 24.3 Å². The fourth-order valence-corrected chi connectivity index (χ4v) is 3.63. The van der Waals surface area contributed by atoms with Crippen molar-refractivity contribution in [2.45, 2.75) is 6.92 Å². The molecule has 3 aromatic rings. The van der Waals surface area contributed by atoms with E-state index in [1.54, 1.807) is 36.6 Å². The van der Waals surface area contributed by atoms with Crippen LogP contribution >= 0.6 is 22.7 Å². The van der Waals surface area contributed by atoms with Crippen molar-refractivity contribution >= 4 is 46.8 Å². The Labute approximate surface area is 165 Å². The largest absolute Gasteiger partial charge is 0.317 e. The van der Waals surface area contributed by atoms with Crippen LogP contribution in [0.5, 0.6) is 0 Å². The summed E-state index contributed by atoms with van der Waals surface area (Å²) in [7, 11) is 0. The summed E-state index contributed by atoms with van der Waals surface area (Å²) in [6, 6.07) is 14.5. The van der Waals surface area contributed by atoms with Gasteiger partial charge in [-0.05, 0) is 53.6 Å². The molecule has 0 aliphatic carbocycles. The number of nitrogens with zero attached hydrogens (tertiary/aromatic N) is 1. The van der Waals surface area contributed by atoms with Crippen LogP contribution < -0.4 is 10.7 Å². The van der Waals surface area contributed by atoms with Crippen LogP contribution in [-0.2, 0) is 4.79 Å². The van der Waals surface area contributed by atoms with E-state index in [9.17, 15) is 9.59 Å². The number of hydrazone groups is 1. The van der Waals surface area contributed by atoms with E-state index in [0.717, 1.165) is 15.3 Å². The Kier molecular flexibility index (Phi) is 6.30. The monoisotopic (exact) mass is 395 g/mol. The lowest BCUT2D eigenvalue weighted by Gasteiger charge is -2.08. The van der Waals surface area contributed by atoms with Gasteiger partial charge < -0.3 is 5.32 Å². The average Bonchev–Trinajstić information content (AvgIpc) is 3.34. The molecule has 3 rings (SSSR count). The zero-order valence-electron chi connectivity index (χ0n) is 14.5. The van der Waals surface area contributed by atoms with E-state index in [1.807, 2.05) is 41.9 Å². The molecule has 0 saturated heterocycles. The minimum atomic E-state index is -0.488. The highest BCUT2D eigenvalue weighted by atomic mass is 32.1. The molecule has 0 bridgehead atoms. The number of carbonyl (C=O) groups is 2. The minimum Gasteiger partial charge on any atom is -0.317 e. The van der Waals surface area contributed by atoms with Gasteiger partial charge in [0.05, 0.1) is 6.21 Å². The van der Waals surface area contributed by atoms with Gasteiger partial charge in [-0.3, -0.25) is 9.59 Å². The number of amides is 2. The quantitative estimate of drug-likeness (QED) is 0.376. The minimum absolute atomic E-state index is 0.131. The van der Waals surface area contributed by atoms with Crippen LogP contribution in [0.15, 0.2) is 70.1 Å². The zero-order valence-corrected chi connectivity index (χ0v) is 16.1. The second-order valence-corrected chi connectivity index (χ2v) is 7.49. The maximum absolute atomic E-state index is 12.5. The van der Waals surface area contributed by atoms with Crippen molar-refractivity contribution in [3.05, 3.63) is 85.9 Å². The molecule has 0 aliphatic heterocycles. The van der Waals surface area contributed by atoms with Crippen molar-refractivity contribution in [2.24, 2.45) is 5.10 Å². The number of carbonyl (C=O) groups excluding carboxylic acids is 2. The normalized spacial score (nSPS) is 11.5. The van der Waals surface area contributed by atoms with Crippen LogP contribution in [0.4, 0.5) is 0 Å². The van der Waals surface area contributed by atoms with Crippen LogP contribution in [0.2, 0.25) is 0 Å². The first-order valence-electron chi connectivity index (χ1n) is 8.12. The second kappa shape index (κ2) is 9.07. The molecule has 2 heterocycles. The van der Waals surface area contributed by atoms with Gasteiger partial charge in [-0.2, -0.15) is 5.10 Å². The van der Waals surface area contributed by atoms with E-state index in [1.165, 1.54) is 22.7 Å². The van der Waals surface area contributed by atoms with Gasteiger partial charge in [-0.25, -0.2) is 5.43 Å². The van der Waals surface area contributed by atoms with E-state index in [-0.39, 0.29) is 11.6 Å². The van der Waals surface area contributed by atoms with Crippen molar-refractivity contribution in [3.63, 3.8) is 0 Å². The lowest BCUT2D eigenvalue weighted by Crippen LogP contribution is -2.32. The highest BCUT2D eigenvalue weighted by molar-refractivity contribution is 7.12. The number of thiophene rings is 2. The molecule has 2 amide bonds. The van der Waals surface area contributed by atoms with E-state index in [2.05, 4.69) is 15.8 Å². The average molecular weight is 396 g/mol. The van der Waals surface area contributed by atoms with Crippen molar-refractivity contribution in [2.75, 3.05) is 0 Å². The molecule has 0 saturated carbocycles. The molecular formula is C20H17N3O2S2. The fraction of sp³-hybridized carbons (Fsp3) is 0.0500. The summed E-state index contributed by atoms with van der Waals surface area (Å²) in [6.07, 6.45) is 3.23. The highest BCUT2D eigenvalue weighted by Gasteiger charge is 2.14. The molecule has 2 N–H and O–H groups in total. The molecular weight excluding hydrogens is 378 g/mol. The predicted octanol–water partition coefficient (Wildman–Crippen LogP) is 4.04. The third-order valence-electron chi connectivity index (χ3n) is 3.61. The standard InChI is InChI=1S/C20H17N3O2S2/c1-14-9-11-27-18(14)13-21-23-20(25)17(12-16-8-5-10-26-16)22-19(24)15-6-3-2-4-7-15/h2-13H,1H3,(H,22,24)(H,23,25). The number of aryl methyl sites for hydroxylation is 1. The van der Waals surface area contributed by atoms with Gasteiger partial charge in [0.25, 0.3) is 11.8 Å². The Morgan fingerprint density at radius 3 is 2.48 bits per heavy atom. The molecule has 7 heteroatoms. The molecule has 0 spiro atoms. The van der Waals surface area contributed by atoms with Crippen LogP contribution in [0, 0.1) is 6.92 Å². The summed E-state index contributed by atoms with van der Waals surface area (Å²) >= 11 is 3.01. The molecule has 136 valence electrons. The molecule has 2 aromatic heterocycles. The topological polar surface area (TPSA) is 70.6 Å². The third-order valence-corrected chi connectivity index (χ3v) is 5.38. The van der Waals surface area contributed by atoms with E-state index < -0.39 is 5.91 Å². The predicted molar refractivity (Wildman–Crippen MR) is 111 cm³/mol. The molecule has 5 nitrogen and oxygen atoms in total. The molecule has 0 aliphatic rings. The molecule has 0 radical (unpaired) electrons. The van der Waals surface area contributed by atoms with E-state index >= 15 is 0 Å². The van der Waals surface area contributed by atoms with Crippen LogP contribution in [-0.4, -0.2) is 18.0 Å². The third kappa shape index (κ3) is 5.22. The maximum Gasteiger partial charge on any atom is 0.287 e. The fourth-order valence-electron chi connectivity index (χ4n) is 2.18. The van der Waals surface area contributed by atoms with E-state index in [0.29, 0.717) is 5.56 Å². The summed E-state index contributed by atoms with van der Waals surface area (Å²) < 4.78 is 0. The number of hydrogen-bond donors (Lipinski definition) is 2. The Hall–Kier alpha value is -3.03. The molecule has 0 fully saturated rings. The van der Waals surface area contributed by atoms with Crippen LogP contribution in [0.25, 0.3) is 6.08 Å². The summed E-state index contributed by atoms with van der Waals surface area (Å²) in [5.41, 5.74) is 4.17. The lowest BCUT2D eigenvalue weighted by atomic mass is 10.2. The summed E-state index contributed by atoms with van der Waals surface area (Å²) in [6.45, 7) is 1.97. The maximum atomic E-state index is 12.5. The van der Waals surface area contributed by atoms with Gasteiger partial charge in [0.15, 0.2) is 0 Å². The van der Waals surface area contributed by atoms with Crippen LogP contribution in [0.1, 0.15) is 25.7 Å². The Balaban J connectivity index is 1.75. The number of nitrogens with one attached hydrogen (secondary N) is 2. The number of benzene rings is 1. The smallest absolute Gasteiger partial charge is 0.287 e. The Bertz CT molecular complexity index is 974. The van der Waals surface area contributed by atoms with Gasteiger partial charge in [-0.15, -0.1) is 22.7 Å². The van der Waals surface area contributed by atoms with Crippen molar-refractivity contribution in [3.8, 4) is 0 Å². The Morgan fingerprint density at radius 1 is 1.00 bits per heavy atom. The van der Waals surface area contributed by atoms with Gasteiger partial charge in [0.2, 0.25) is 0 Å².